The molecule has 2 atom stereocenters. The summed E-state index contributed by atoms with van der Waals surface area (Å²) in [5.74, 6) is -8.06. The third-order valence-electron chi connectivity index (χ3n) is 8.88. The van der Waals surface area contributed by atoms with Crippen LogP contribution in [-0.4, -0.2) is 156 Å². The highest BCUT2D eigenvalue weighted by Crippen LogP contribution is 2.14. The van der Waals surface area contributed by atoms with Gasteiger partial charge in [0, 0.05) is 81.6 Å². The Morgan fingerprint density at radius 2 is 1.03 bits per heavy atom. The molecule has 0 aromatic heterocycles. The van der Waals surface area contributed by atoms with Gasteiger partial charge in [0.05, 0.1) is 6.42 Å². The predicted molar refractivity (Wildman–Crippen MR) is 236 cm³/mol. The van der Waals surface area contributed by atoms with Gasteiger partial charge in [0.1, 0.15) is 23.3 Å². The number of carboxylic acids is 2. The molecule has 7 amide bonds. The minimum Gasteiger partial charge on any atom is -0.480 e. The molecule has 0 radical (unpaired) electrons. The summed E-state index contributed by atoms with van der Waals surface area (Å²) >= 11 is 0. The van der Waals surface area contributed by atoms with Gasteiger partial charge >= 0.3 is 29.8 Å². The van der Waals surface area contributed by atoms with E-state index in [1.165, 1.54) is 0 Å². The van der Waals surface area contributed by atoms with Gasteiger partial charge in [-0.05, 0) is 88.6 Å². The summed E-state index contributed by atoms with van der Waals surface area (Å²) < 4.78 is 10.1. The van der Waals surface area contributed by atoms with E-state index in [9.17, 15) is 57.5 Å². The molecule has 3 heterocycles. The van der Waals surface area contributed by atoms with Crippen molar-refractivity contribution >= 4 is 71.2 Å². The smallest absolute Gasteiger partial charge is 0.335 e. The van der Waals surface area contributed by atoms with E-state index in [-0.39, 0.29) is 64.5 Å². The van der Waals surface area contributed by atoms with E-state index >= 15 is 0 Å². The molecular weight excluding hydrogens is 885 g/mol. The maximum absolute atomic E-state index is 11.8. The standard InChI is InChI=1S/C16H22N2O7.C11H10N2O6.C9H17NO4.C8H19N/c1-16(2,3)25-14(22)7-4-10(15(23)24)17-11(19)8-9-18-12(20)5-6-13(18)21;14-7-1-2-8(15)12(7)6-5-11(18)19-13-9(16)3-4-10(13)17;1-9(2,3)14-7(11)5-4-6(10)8(12)13;1-6-9(7(2)3)8(4)5/h5-6,10H,4,7-9H2,1-3H3,(H,17,19)(H,23,24);1-2H,3-6H2;6H,4-5,10H2,1-3H3,(H,12,13);7-8H,6H2,1-5H3/t10-;;6-;/m0.0./s1. The Morgan fingerprint density at radius 3 is 1.36 bits per heavy atom. The Morgan fingerprint density at radius 1 is 0.642 bits per heavy atom. The number of hydrogen-bond donors (Lipinski definition) is 4. The molecule has 3 aliphatic rings. The Balaban J connectivity index is 0.000000921. The summed E-state index contributed by atoms with van der Waals surface area (Å²) in [5, 5.41) is 20.3. The van der Waals surface area contributed by atoms with Crippen molar-refractivity contribution in [3.8, 4) is 0 Å². The summed E-state index contributed by atoms with van der Waals surface area (Å²) in [6.45, 7) is 22.4. The zero-order chi connectivity index (χ0) is 52.0. The fraction of sp³-hybridized carbons (Fsp3) is 0.636. The lowest BCUT2D eigenvalue weighted by molar-refractivity contribution is -0.197. The lowest BCUT2D eigenvalue weighted by Gasteiger charge is -2.28. The topological polar surface area (TPSA) is 324 Å². The summed E-state index contributed by atoms with van der Waals surface area (Å²) in [4.78, 5) is 144. The number of imide groups is 3. The Kier molecular flexibility index (Phi) is 25.9. The molecule has 1 fully saturated rings. The number of nitrogens with one attached hydrogen (secondary N) is 1. The monoisotopic (exact) mass is 952 g/mol. The van der Waals surface area contributed by atoms with Gasteiger partial charge in [-0.25, -0.2) is 9.59 Å². The minimum absolute atomic E-state index is 0.0130. The summed E-state index contributed by atoms with van der Waals surface area (Å²) in [6.07, 6.45) is 3.75. The second kappa shape index (κ2) is 28.6. The molecule has 0 unspecified atom stereocenters. The van der Waals surface area contributed by atoms with Crippen LogP contribution >= 0.6 is 0 Å². The van der Waals surface area contributed by atoms with Gasteiger partial charge in [0.25, 0.3) is 35.4 Å². The number of nitrogens with two attached hydrogens (primary N) is 1. The number of amides is 7. The lowest BCUT2D eigenvalue weighted by atomic mass is 10.1. The zero-order valence-corrected chi connectivity index (χ0v) is 40.3. The fourth-order valence-corrected chi connectivity index (χ4v) is 5.82. The van der Waals surface area contributed by atoms with Crippen molar-refractivity contribution in [1.29, 1.82) is 0 Å². The van der Waals surface area contributed by atoms with Crippen molar-refractivity contribution in [2.24, 2.45) is 5.73 Å². The largest absolute Gasteiger partial charge is 0.480 e. The molecule has 1 saturated heterocycles. The van der Waals surface area contributed by atoms with Crippen molar-refractivity contribution in [3.63, 3.8) is 0 Å². The summed E-state index contributed by atoms with van der Waals surface area (Å²) in [5.41, 5.74) is 4.01. The maximum atomic E-state index is 11.8. The van der Waals surface area contributed by atoms with Gasteiger partial charge in [-0.1, -0.05) is 6.92 Å². The molecule has 5 N–H and O–H groups in total. The maximum Gasteiger partial charge on any atom is 0.335 e. The number of nitrogens with zero attached hydrogens (tertiary/aromatic N) is 4. The molecule has 0 aromatic carbocycles. The summed E-state index contributed by atoms with van der Waals surface area (Å²) in [6, 6.07) is -0.879. The number of carbonyl (C=O) groups excluding carboxylic acids is 10. The van der Waals surface area contributed by atoms with Gasteiger partial charge in [0.15, 0.2) is 0 Å². The third kappa shape index (κ3) is 25.2. The molecule has 0 aromatic rings. The number of aliphatic carboxylic acids is 2. The van der Waals surface area contributed by atoms with Crippen LogP contribution in [0.5, 0.6) is 0 Å². The number of hydroxylamine groups is 2. The quantitative estimate of drug-likeness (QED) is 0.105. The molecular formula is C44H68N6O17. The SMILES string of the molecule is CC(C)(C)OC(=O)CC[C@H](N)C(=O)O.CC(C)(C)OC(=O)CC[C@H](NC(=O)CCN1C(=O)C=CC1=O)C(=O)O.CCN(C(C)C)C(C)C.O=C(CCN1C(=O)C=CC1=O)ON1C(=O)CCC1=O. The highest BCUT2D eigenvalue weighted by molar-refractivity contribution is 6.13. The van der Waals surface area contributed by atoms with E-state index < -0.39 is 94.5 Å². The Labute approximate surface area is 390 Å². The lowest BCUT2D eigenvalue weighted by Crippen LogP contribution is -2.43. The molecule has 0 spiro atoms. The number of ether oxygens (including phenoxy) is 2. The van der Waals surface area contributed by atoms with E-state index in [0.29, 0.717) is 17.1 Å². The van der Waals surface area contributed by atoms with E-state index in [4.69, 9.17) is 25.4 Å². The van der Waals surface area contributed by atoms with Crippen LogP contribution in [0, 0.1) is 0 Å². The average molecular weight is 953 g/mol. The molecule has 0 bridgehead atoms. The first-order valence-corrected chi connectivity index (χ1v) is 21.6. The number of esters is 2. The average Bonchev–Trinajstić information content (AvgIpc) is 3.81. The van der Waals surface area contributed by atoms with Crippen molar-refractivity contribution in [3.05, 3.63) is 24.3 Å². The first-order valence-electron chi connectivity index (χ1n) is 21.6. The molecule has 3 rings (SSSR count). The van der Waals surface area contributed by atoms with Crippen LogP contribution < -0.4 is 11.1 Å². The van der Waals surface area contributed by atoms with E-state index in [1.807, 2.05) is 0 Å². The first kappa shape index (κ1) is 60.6. The van der Waals surface area contributed by atoms with Crippen LogP contribution in [0.2, 0.25) is 0 Å². The van der Waals surface area contributed by atoms with Gasteiger partial charge in [0.2, 0.25) is 5.91 Å². The molecule has 67 heavy (non-hydrogen) atoms. The Hall–Kier alpha value is -6.36. The highest BCUT2D eigenvalue weighted by Gasteiger charge is 2.33. The number of carbonyl (C=O) groups is 12. The van der Waals surface area contributed by atoms with Gasteiger partial charge < -0.3 is 35.6 Å². The van der Waals surface area contributed by atoms with E-state index in [1.54, 1.807) is 41.5 Å². The molecule has 23 heteroatoms. The molecule has 23 nitrogen and oxygen atoms in total. The van der Waals surface area contributed by atoms with Crippen molar-refractivity contribution in [2.45, 2.75) is 163 Å². The van der Waals surface area contributed by atoms with Crippen LogP contribution in [0.25, 0.3) is 0 Å². The number of carboxylic acid groups (broad SMARTS) is 2. The second-order valence-corrected chi connectivity index (χ2v) is 17.5. The molecule has 0 aliphatic carbocycles. The molecule has 376 valence electrons. The normalized spacial score (nSPS) is 15.4. The van der Waals surface area contributed by atoms with Gasteiger partial charge in [-0.2, -0.15) is 0 Å². The third-order valence-corrected chi connectivity index (χ3v) is 8.88. The van der Waals surface area contributed by atoms with Crippen LogP contribution in [0.1, 0.15) is 128 Å². The molecule has 0 saturated carbocycles. The molecule has 3 aliphatic heterocycles. The summed E-state index contributed by atoms with van der Waals surface area (Å²) in [7, 11) is 0. The van der Waals surface area contributed by atoms with E-state index in [0.717, 1.165) is 40.6 Å². The van der Waals surface area contributed by atoms with Crippen LogP contribution in [-0.2, 0) is 71.8 Å². The van der Waals surface area contributed by atoms with Gasteiger partial charge in [-0.3, -0.25) is 62.6 Å². The Bertz CT molecular complexity index is 1820. The second-order valence-electron chi connectivity index (χ2n) is 17.5. The van der Waals surface area contributed by atoms with Crippen molar-refractivity contribution in [1.82, 2.24) is 25.1 Å². The van der Waals surface area contributed by atoms with Crippen molar-refractivity contribution < 1.29 is 82.1 Å². The number of rotatable bonds is 19. The zero-order valence-electron chi connectivity index (χ0n) is 40.3. The highest BCUT2D eigenvalue weighted by atomic mass is 16.7. The van der Waals surface area contributed by atoms with Crippen molar-refractivity contribution in [2.75, 3.05) is 19.6 Å². The van der Waals surface area contributed by atoms with Crippen LogP contribution in [0.15, 0.2) is 24.3 Å². The van der Waals surface area contributed by atoms with Crippen LogP contribution in [0.4, 0.5) is 0 Å². The fourth-order valence-electron chi connectivity index (χ4n) is 5.82. The first-order chi connectivity index (χ1) is 30.8. The number of hydrogen-bond acceptors (Lipinski definition) is 17. The minimum atomic E-state index is -1.29. The van der Waals surface area contributed by atoms with Gasteiger partial charge in [-0.15, -0.1) is 5.06 Å². The van der Waals surface area contributed by atoms with E-state index in [2.05, 4.69) is 49.7 Å². The predicted octanol–water partition coefficient (Wildman–Crippen LogP) is 1.55. The van der Waals surface area contributed by atoms with Crippen LogP contribution in [0.3, 0.4) is 0 Å².